The van der Waals surface area contributed by atoms with Crippen molar-refractivity contribution >= 4 is 0 Å². The van der Waals surface area contributed by atoms with Gasteiger partial charge in [-0.1, -0.05) is 29.5 Å². The largest absolute Gasteiger partial charge is 0.417 e. The zero-order valence-electron chi connectivity index (χ0n) is 11.1. The van der Waals surface area contributed by atoms with Crippen molar-refractivity contribution in [1.82, 2.24) is 0 Å². The van der Waals surface area contributed by atoms with E-state index in [4.69, 9.17) is 0 Å². The maximum atomic E-state index is 12.7. The van der Waals surface area contributed by atoms with Crippen LogP contribution in [0.25, 0.3) is 0 Å². The van der Waals surface area contributed by atoms with Crippen molar-refractivity contribution in [2.24, 2.45) is 0 Å². The van der Waals surface area contributed by atoms with Gasteiger partial charge in [-0.2, -0.15) is 13.2 Å². The fraction of sp³-hybridized carbons (Fsp3) is 0.250. The van der Waals surface area contributed by atoms with E-state index in [1.807, 2.05) is 0 Å². The molecular formula is C16H15F3. The minimum absolute atomic E-state index is 0.0104. The van der Waals surface area contributed by atoms with Crippen LogP contribution in [-0.2, 0) is 6.18 Å². The Morgan fingerprint density at radius 1 is 1.26 bits per heavy atom. The predicted molar refractivity (Wildman–Crippen MR) is 72.4 cm³/mol. The van der Waals surface area contributed by atoms with Crippen LogP contribution in [0.3, 0.4) is 0 Å². The molecule has 0 aliphatic rings. The Balaban J connectivity index is 0.000000982. The monoisotopic (exact) mass is 264 g/mol. The molecule has 0 unspecified atom stereocenters. The summed E-state index contributed by atoms with van der Waals surface area (Å²) in [4.78, 5) is 0. The summed E-state index contributed by atoms with van der Waals surface area (Å²) in [6, 6.07) is 4.13. The van der Waals surface area contributed by atoms with E-state index >= 15 is 0 Å². The van der Waals surface area contributed by atoms with Crippen LogP contribution in [0, 0.1) is 31.1 Å². The molecule has 0 N–H and O–H groups in total. The Morgan fingerprint density at radius 3 is 2.32 bits per heavy atom. The second-order valence-electron chi connectivity index (χ2n) is 3.60. The third kappa shape index (κ3) is 6.38. The lowest BCUT2D eigenvalue weighted by Crippen LogP contribution is -2.08. The molecule has 0 spiro atoms. The number of halogens is 3. The van der Waals surface area contributed by atoms with Crippen molar-refractivity contribution in [1.29, 1.82) is 0 Å². The molecule has 1 aromatic rings. The smallest absolute Gasteiger partial charge is 0.166 e. The molecule has 0 atom stereocenters. The fourth-order valence-corrected chi connectivity index (χ4v) is 1.20. The summed E-state index contributed by atoms with van der Waals surface area (Å²) in [6.07, 6.45) is 3.43. The molecule has 0 aromatic heterocycles. The Morgan fingerprint density at radius 2 is 1.84 bits per heavy atom. The van der Waals surface area contributed by atoms with Crippen molar-refractivity contribution in [3.8, 4) is 24.2 Å². The molecule has 0 aliphatic carbocycles. The molecule has 3 heteroatoms. The fourth-order valence-electron chi connectivity index (χ4n) is 1.20. The van der Waals surface area contributed by atoms with E-state index in [0.717, 1.165) is 6.07 Å². The average Bonchev–Trinajstić information content (AvgIpc) is 2.31. The van der Waals surface area contributed by atoms with Gasteiger partial charge in [0.15, 0.2) is 0 Å². The van der Waals surface area contributed by atoms with Gasteiger partial charge in [0.1, 0.15) is 0 Å². The Labute approximate surface area is 112 Å². The molecule has 0 bridgehead atoms. The lowest BCUT2D eigenvalue weighted by Gasteiger charge is -2.09. The van der Waals surface area contributed by atoms with E-state index in [1.165, 1.54) is 12.1 Å². The minimum atomic E-state index is -4.36. The molecule has 1 rings (SSSR count). The summed E-state index contributed by atoms with van der Waals surface area (Å²) in [5, 5.41) is 0. The highest BCUT2D eigenvalue weighted by Gasteiger charge is 2.32. The molecule has 0 saturated heterocycles. The highest BCUT2D eigenvalue weighted by molar-refractivity contribution is 5.46. The number of terminal acetylenes is 1. The van der Waals surface area contributed by atoms with E-state index in [-0.39, 0.29) is 5.56 Å². The standard InChI is InChI=1S/C13H11F3.C3H4/c1-3-4-5-6-11-8-7-10(2)9-12(11)13(14,15)16;1-3-2/h3-4,7-9H,1-2H3;1H,2H3/b4-3-;. The highest BCUT2D eigenvalue weighted by atomic mass is 19.4. The minimum Gasteiger partial charge on any atom is -0.166 e. The summed E-state index contributed by atoms with van der Waals surface area (Å²) in [7, 11) is 0. The Hall–Kier alpha value is -2.13. The first kappa shape index (κ1) is 16.9. The molecule has 0 radical (unpaired) electrons. The first-order valence-corrected chi connectivity index (χ1v) is 5.54. The van der Waals surface area contributed by atoms with Crippen LogP contribution in [-0.4, -0.2) is 0 Å². The molecule has 1 aromatic carbocycles. The van der Waals surface area contributed by atoms with E-state index in [0.29, 0.717) is 5.56 Å². The number of hydrogen-bond acceptors (Lipinski definition) is 0. The first-order chi connectivity index (χ1) is 8.86. The summed E-state index contributed by atoms with van der Waals surface area (Å²) in [5.41, 5.74) is -0.0930. The van der Waals surface area contributed by atoms with Gasteiger partial charge >= 0.3 is 6.18 Å². The van der Waals surface area contributed by atoms with Gasteiger partial charge in [0, 0.05) is 5.56 Å². The quantitative estimate of drug-likeness (QED) is 0.602. The summed E-state index contributed by atoms with van der Waals surface area (Å²) in [5.74, 6) is 7.29. The topological polar surface area (TPSA) is 0 Å². The Kier molecular flexibility index (Phi) is 7.15. The number of alkyl halides is 3. The van der Waals surface area contributed by atoms with Crippen molar-refractivity contribution in [2.75, 3.05) is 0 Å². The van der Waals surface area contributed by atoms with E-state index in [1.54, 1.807) is 32.9 Å². The molecule has 19 heavy (non-hydrogen) atoms. The summed E-state index contributed by atoms with van der Waals surface area (Å²) >= 11 is 0. The third-order valence-corrected chi connectivity index (χ3v) is 1.94. The van der Waals surface area contributed by atoms with Crippen LogP contribution in [0.5, 0.6) is 0 Å². The van der Waals surface area contributed by atoms with Gasteiger partial charge in [0.25, 0.3) is 0 Å². The lowest BCUT2D eigenvalue weighted by atomic mass is 10.0. The normalized spacial score (nSPS) is 9.95. The number of benzene rings is 1. The highest BCUT2D eigenvalue weighted by Crippen LogP contribution is 2.32. The number of aryl methyl sites for hydroxylation is 1. The number of hydrogen-bond donors (Lipinski definition) is 0. The lowest BCUT2D eigenvalue weighted by molar-refractivity contribution is -0.137. The number of allylic oxidation sites excluding steroid dienone is 2. The average molecular weight is 264 g/mol. The summed E-state index contributed by atoms with van der Waals surface area (Å²) in [6.45, 7) is 5.03. The maximum Gasteiger partial charge on any atom is 0.417 e. The molecule has 0 amide bonds. The van der Waals surface area contributed by atoms with Crippen molar-refractivity contribution < 1.29 is 13.2 Å². The third-order valence-electron chi connectivity index (χ3n) is 1.94. The van der Waals surface area contributed by atoms with Gasteiger partial charge < -0.3 is 0 Å². The van der Waals surface area contributed by atoms with Crippen LogP contribution in [0.4, 0.5) is 13.2 Å². The van der Waals surface area contributed by atoms with Gasteiger partial charge in [-0.25, -0.2) is 0 Å². The molecular weight excluding hydrogens is 249 g/mol. The van der Waals surface area contributed by atoms with Gasteiger partial charge in [-0.3, -0.25) is 0 Å². The molecule has 0 nitrogen and oxygen atoms in total. The van der Waals surface area contributed by atoms with Gasteiger partial charge in [-0.05, 0) is 39.0 Å². The van der Waals surface area contributed by atoms with E-state index in [9.17, 15) is 13.2 Å². The van der Waals surface area contributed by atoms with Crippen LogP contribution in [0.2, 0.25) is 0 Å². The molecule has 0 heterocycles. The van der Waals surface area contributed by atoms with Crippen LogP contribution < -0.4 is 0 Å². The van der Waals surface area contributed by atoms with Crippen LogP contribution >= 0.6 is 0 Å². The Bertz CT molecular complexity index is 532. The molecule has 0 fully saturated rings. The maximum absolute atomic E-state index is 12.7. The molecule has 100 valence electrons. The van der Waals surface area contributed by atoms with Gasteiger partial charge in [-0.15, -0.1) is 12.3 Å². The van der Waals surface area contributed by atoms with E-state index < -0.39 is 11.7 Å². The van der Waals surface area contributed by atoms with E-state index in [2.05, 4.69) is 24.2 Å². The van der Waals surface area contributed by atoms with Crippen LogP contribution in [0.1, 0.15) is 30.5 Å². The predicted octanol–water partition coefficient (Wildman–Crippen LogP) is 4.58. The second-order valence-corrected chi connectivity index (χ2v) is 3.60. The van der Waals surface area contributed by atoms with Gasteiger partial charge in [0.2, 0.25) is 0 Å². The summed E-state index contributed by atoms with van der Waals surface area (Å²) < 4.78 is 38.0. The SMILES string of the molecule is C#CC.C/C=C\C#Cc1ccc(C)cc1C(F)(F)F. The van der Waals surface area contributed by atoms with Crippen molar-refractivity contribution in [2.45, 2.75) is 26.9 Å². The zero-order chi connectivity index (χ0) is 14.9. The zero-order valence-corrected chi connectivity index (χ0v) is 11.1. The van der Waals surface area contributed by atoms with Crippen molar-refractivity contribution in [3.05, 3.63) is 47.0 Å². The van der Waals surface area contributed by atoms with Crippen LogP contribution in [0.15, 0.2) is 30.4 Å². The first-order valence-electron chi connectivity index (χ1n) is 5.54. The molecule has 0 aliphatic heterocycles. The van der Waals surface area contributed by atoms with Crippen molar-refractivity contribution in [3.63, 3.8) is 0 Å². The second kappa shape index (κ2) is 8.06. The molecule has 0 saturated carbocycles. The number of rotatable bonds is 0. The van der Waals surface area contributed by atoms with Gasteiger partial charge in [0.05, 0.1) is 5.56 Å².